The van der Waals surface area contributed by atoms with E-state index in [1.54, 1.807) is 36.4 Å². The summed E-state index contributed by atoms with van der Waals surface area (Å²) in [7, 11) is 1.51. The summed E-state index contributed by atoms with van der Waals surface area (Å²) in [4.78, 5) is 26.0. The topological polar surface area (TPSA) is 67.9 Å². The van der Waals surface area contributed by atoms with E-state index in [0.717, 1.165) is 0 Å². The fourth-order valence-electron chi connectivity index (χ4n) is 2.48. The highest BCUT2D eigenvalue weighted by molar-refractivity contribution is 6.39. The third-order valence-electron chi connectivity index (χ3n) is 3.77. The smallest absolute Gasteiger partial charge is 0.267 e. The Balaban J connectivity index is 1.60. The number of carbonyl (C=O) groups excluding carboxylic acids is 2. The second kappa shape index (κ2) is 7.85. The maximum Gasteiger partial charge on any atom is 0.267 e. The molecule has 2 aromatic rings. The van der Waals surface area contributed by atoms with Gasteiger partial charge < -0.3 is 19.7 Å². The zero-order chi connectivity index (χ0) is 18.7. The lowest BCUT2D eigenvalue weighted by atomic mass is 10.2. The van der Waals surface area contributed by atoms with Gasteiger partial charge in [0.15, 0.2) is 11.5 Å². The molecule has 2 amide bonds. The zero-order valence-corrected chi connectivity index (χ0v) is 15.4. The summed E-state index contributed by atoms with van der Waals surface area (Å²) in [5, 5.41) is 3.25. The van der Waals surface area contributed by atoms with E-state index in [1.807, 2.05) is 6.07 Å². The minimum Gasteiger partial charge on any atom is -0.485 e. The molecule has 0 bridgehead atoms. The first-order chi connectivity index (χ1) is 12.5. The van der Waals surface area contributed by atoms with Crippen LogP contribution in [0, 0.1) is 0 Å². The van der Waals surface area contributed by atoms with Crippen LogP contribution in [0.1, 0.15) is 0 Å². The number of halogens is 2. The standard InChI is InChI=1S/C18H16Cl2N2O4/c1-22(9-16(23)21-17-11(19)5-4-6-12(17)20)18(24)15-10-25-13-7-2-3-8-14(13)26-15/h2-8,15H,9-10H2,1H3,(H,21,23)/t15-/m0/s1. The van der Waals surface area contributed by atoms with Gasteiger partial charge in [0.05, 0.1) is 22.3 Å². The minimum atomic E-state index is -0.813. The van der Waals surface area contributed by atoms with Gasteiger partial charge in [0.2, 0.25) is 12.0 Å². The highest BCUT2D eigenvalue weighted by Crippen LogP contribution is 2.31. The van der Waals surface area contributed by atoms with E-state index in [9.17, 15) is 9.59 Å². The number of rotatable bonds is 4. The average molecular weight is 395 g/mol. The number of likely N-dealkylation sites (N-methyl/N-ethyl adjacent to an activating group) is 1. The number of nitrogens with one attached hydrogen (secondary N) is 1. The van der Waals surface area contributed by atoms with Gasteiger partial charge in [-0.15, -0.1) is 0 Å². The van der Waals surface area contributed by atoms with Crippen LogP contribution in [0.2, 0.25) is 10.0 Å². The molecule has 1 N–H and O–H groups in total. The molecule has 6 nitrogen and oxygen atoms in total. The number of fused-ring (bicyclic) bond motifs is 1. The highest BCUT2D eigenvalue weighted by atomic mass is 35.5. The van der Waals surface area contributed by atoms with Crippen molar-refractivity contribution in [3.63, 3.8) is 0 Å². The molecule has 2 aromatic carbocycles. The molecule has 8 heteroatoms. The Bertz CT molecular complexity index is 823. The molecule has 3 rings (SSSR count). The summed E-state index contributed by atoms with van der Waals surface area (Å²) in [6, 6.07) is 12.0. The van der Waals surface area contributed by atoms with E-state index in [2.05, 4.69) is 5.32 Å². The Morgan fingerprint density at radius 3 is 2.46 bits per heavy atom. The van der Waals surface area contributed by atoms with E-state index in [-0.39, 0.29) is 19.1 Å². The van der Waals surface area contributed by atoms with Crippen LogP contribution >= 0.6 is 23.2 Å². The number of nitrogens with zero attached hydrogens (tertiary/aromatic N) is 1. The monoisotopic (exact) mass is 394 g/mol. The molecule has 0 saturated heterocycles. The summed E-state index contributed by atoms with van der Waals surface area (Å²) >= 11 is 12.1. The van der Waals surface area contributed by atoms with Crippen molar-refractivity contribution in [1.82, 2.24) is 4.90 Å². The van der Waals surface area contributed by atoms with Crippen LogP contribution < -0.4 is 14.8 Å². The van der Waals surface area contributed by atoms with Crippen LogP contribution in [0.5, 0.6) is 11.5 Å². The van der Waals surface area contributed by atoms with Crippen molar-refractivity contribution >= 4 is 40.7 Å². The van der Waals surface area contributed by atoms with Crippen molar-refractivity contribution in [3.8, 4) is 11.5 Å². The number of para-hydroxylation sites is 3. The molecule has 0 unspecified atom stereocenters. The lowest BCUT2D eigenvalue weighted by Crippen LogP contribution is -2.47. The van der Waals surface area contributed by atoms with Crippen molar-refractivity contribution in [2.24, 2.45) is 0 Å². The molecule has 0 fully saturated rings. The van der Waals surface area contributed by atoms with Gasteiger partial charge in [-0.05, 0) is 24.3 Å². The summed E-state index contributed by atoms with van der Waals surface area (Å²) in [5.41, 5.74) is 0.313. The zero-order valence-electron chi connectivity index (χ0n) is 13.9. The molecule has 0 spiro atoms. The normalized spacial score (nSPS) is 15.3. The van der Waals surface area contributed by atoms with Crippen molar-refractivity contribution in [1.29, 1.82) is 0 Å². The van der Waals surface area contributed by atoms with Crippen molar-refractivity contribution in [3.05, 3.63) is 52.5 Å². The number of carbonyl (C=O) groups is 2. The molecule has 26 heavy (non-hydrogen) atoms. The molecule has 1 aliphatic heterocycles. The molecular formula is C18H16Cl2N2O4. The Kier molecular flexibility index (Phi) is 5.54. The molecule has 1 atom stereocenters. The molecule has 136 valence electrons. The van der Waals surface area contributed by atoms with Gasteiger partial charge in [-0.3, -0.25) is 9.59 Å². The number of amides is 2. The van der Waals surface area contributed by atoms with Gasteiger partial charge in [-0.2, -0.15) is 0 Å². The third kappa shape index (κ3) is 4.03. The van der Waals surface area contributed by atoms with Gasteiger partial charge in [-0.25, -0.2) is 0 Å². The molecule has 0 aliphatic carbocycles. The van der Waals surface area contributed by atoms with Crippen LogP contribution in [0.15, 0.2) is 42.5 Å². The van der Waals surface area contributed by atoms with Gasteiger partial charge in [0, 0.05) is 7.05 Å². The number of hydrogen-bond donors (Lipinski definition) is 1. The lowest BCUT2D eigenvalue weighted by molar-refractivity contribution is -0.141. The Morgan fingerprint density at radius 1 is 1.12 bits per heavy atom. The maximum absolute atomic E-state index is 12.5. The van der Waals surface area contributed by atoms with Crippen LogP contribution in [0.4, 0.5) is 5.69 Å². The fourth-order valence-corrected chi connectivity index (χ4v) is 2.97. The summed E-state index contributed by atoms with van der Waals surface area (Å²) in [6.45, 7) is -0.0972. The summed E-state index contributed by atoms with van der Waals surface area (Å²) in [6.07, 6.45) is -0.813. The molecule has 1 heterocycles. The van der Waals surface area contributed by atoms with Crippen LogP contribution in [-0.2, 0) is 9.59 Å². The van der Waals surface area contributed by atoms with E-state index >= 15 is 0 Å². The Hall–Kier alpha value is -2.44. The lowest BCUT2D eigenvalue weighted by Gasteiger charge is -2.28. The SMILES string of the molecule is CN(CC(=O)Nc1c(Cl)cccc1Cl)C(=O)[C@@H]1COc2ccccc2O1. The molecular weight excluding hydrogens is 379 g/mol. The number of hydrogen-bond acceptors (Lipinski definition) is 4. The number of anilines is 1. The van der Waals surface area contributed by atoms with Crippen LogP contribution in [0.3, 0.4) is 0 Å². The van der Waals surface area contributed by atoms with Gasteiger partial charge in [0.25, 0.3) is 5.91 Å². The molecule has 1 aliphatic rings. The maximum atomic E-state index is 12.5. The quantitative estimate of drug-likeness (QED) is 0.863. The van der Waals surface area contributed by atoms with Crippen molar-refractivity contribution in [2.75, 3.05) is 25.5 Å². The number of ether oxygens (including phenoxy) is 2. The predicted molar refractivity (Wildman–Crippen MR) is 99.1 cm³/mol. The first-order valence-electron chi connectivity index (χ1n) is 7.83. The number of benzene rings is 2. The summed E-state index contributed by atoms with van der Waals surface area (Å²) < 4.78 is 11.2. The highest BCUT2D eigenvalue weighted by Gasteiger charge is 2.30. The van der Waals surface area contributed by atoms with E-state index in [0.29, 0.717) is 27.2 Å². The van der Waals surface area contributed by atoms with Gasteiger partial charge in [0.1, 0.15) is 6.61 Å². The minimum absolute atomic E-state index is 0.0815. The van der Waals surface area contributed by atoms with E-state index in [4.69, 9.17) is 32.7 Å². The molecule has 0 saturated carbocycles. The second-order valence-corrected chi connectivity index (χ2v) is 6.52. The molecule has 0 aromatic heterocycles. The van der Waals surface area contributed by atoms with Gasteiger partial charge >= 0.3 is 0 Å². The summed E-state index contributed by atoms with van der Waals surface area (Å²) in [5.74, 6) is 0.302. The Labute approximate surface area is 160 Å². The van der Waals surface area contributed by atoms with E-state index < -0.39 is 12.0 Å². The first kappa shape index (κ1) is 18.4. The van der Waals surface area contributed by atoms with Gasteiger partial charge in [-0.1, -0.05) is 41.4 Å². The first-order valence-corrected chi connectivity index (χ1v) is 8.58. The molecule has 0 radical (unpaired) electrons. The average Bonchev–Trinajstić information content (AvgIpc) is 2.63. The van der Waals surface area contributed by atoms with Crippen molar-refractivity contribution in [2.45, 2.75) is 6.10 Å². The fraction of sp³-hybridized carbons (Fsp3) is 0.222. The second-order valence-electron chi connectivity index (χ2n) is 5.70. The Morgan fingerprint density at radius 2 is 1.77 bits per heavy atom. The predicted octanol–water partition coefficient (Wildman–Crippen LogP) is 3.23. The van der Waals surface area contributed by atoms with E-state index in [1.165, 1.54) is 11.9 Å². The van der Waals surface area contributed by atoms with Crippen LogP contribution in [-0.4, -0.2) is 43.0 Å². The van der Waals surface area contributed by atoms with Crippen molar-refractivity contribution < 1.29 is 19.1 Å². The third-order valence-corrected chi connectivity index (χ3v) is 4.40. The largest absolute Gasteiger partial charge is 0.485 e. The van der Waals surface area contributed by atoms with Crippen LogP contribution in [0.25, 0.3) is 0 Å².